The van der Waals surface area contributed by atoms with Crippen molar-refractivity contribution >= 4 is 5.91 Å². The highest BCUT2D eigenvalue weighted by molar-refractivity contribution is 5.75. The molecule has 0 unspecified atom stereocenters. The minimum absolute atomic E-state index is 0.0934. The first kappa shape index (κ1) is 12.6. The van der Waals surface area contributed by atoms with Crippen LogP contribution in [0.25, 0.3) is 0 Å². The van der Waals surface area contributed by atoms with Crippen molar-refractivity contribution in [2.75, 3.05) is 13.6 Å². The largest absolute Gasteiger partial charge is 0.352 e. The molecule has 0 spiro atoms. The van der Waals surface area contributed by atoms with E-state index < -0.39 is 0 Å². The lowest BCUT2D eigenvalue weighted by molar-refractivity contribution is -0.121. The number of nitrogens with zero attached hydrogens (tertiary/aromatic N) is 1. The Hall–Kier alpha value is -1.42. The van der Waals surface area contributed by atoms with Crippen LogP contribution in [0.2, 0.25) is 0 Å². The van der Waals surface area contributed by atoms with Gasteiger partial charge in [-0.25, -0.2) is 0 Å². The van der Waals surface area contributed by atoms with E-state index in [-0.39, 0.29) is 5.91 Å². The highest BCUT2D eigenvalue weighted by Gasteiger charge is 2.00. The van der Waals surface area contributed by atoms with Crippen LogP contribution in [0.1, 0.15) is 24.1 Å². The van der Waals surface area contributed by atoms with Crippen LogP contribution in [-0.4, -0.2) is 24.5 Å². The summed E-state index contributed by atoms with van der Waals surface area (Å²) in [5.41, 5.74) is 2.02. The monoisotopic (exact) mass is 221 g/mol. The molecule has 0 bridgehead atoms. The summed E-state index contributed by atoms with van der Waals surface area (Å²) >= 11 is 0. The SMILES string of the molecule is CNCCCC(=O)NCc1ccc(C)nc1. The van der Waals surface area contributed by atoms with Gasteiger partial charge in [0.1, 0.15) is 0 Å². The van der Waals surface area contributed by atoms with Gasteiger partial charge < -0.3 is 10.6 Å². The van der Waals surface area contributed by atoms with Crippen LogP contribution in [0.15, 0.2) is 18.3 Å². The molecule has 0 radical (unpaired) electrons. The van der Waals surface area contributed by atoms with Crippen molar-refractivity contribution in [3.05, 3.63) is 29.6 Å². The zero-order valence-electron chi connectivity index (χ0n) is 9.92. The number of carbonyl (C=O) groups is 1. The number of hydrogen-bond acceptors (Lipinski definition) is 3. The fourth-order valence-electron chi connectivity index (χ4n) is 1.32. The van der Waals surface area contributed by atoms with Crippen LogP contribution < -0.4 is 10.6 Å². The molecule has 0 aliphatic rings. The van der Waals surface area contributed by atoms with Crippen molar-refractivity contribution in [2.24, 2.45) is 0 Å². The third kappa shape index (κ3) is 4.89. The van der Waals surface area contributed by atoms with Gasteiger partial charge in [0, 0.05) is 24.9 Å². The van der Waals surface area contributed by atoms with E-state index in [0.717, 1.165) is 24.2 Å². The summed E-state index contributed by atoms with van der Waals surface area (Å²) in [4.78, 5) is 15.6. The summed E-state index contributed by atoms with van der Waals surface area (Å²) in [6, 6.07) is 3.93. The topological polar surface area (TPSA) is 54.0 Å². The molecule has 2 N–H and O–H groups in total. The lowest BCUT2D eigenvalue weighted by atomic mass is 10.2. The molecule has 88 valence electrons. The van der Waals surface area contributed by atoms with E-state index in [1.165, 1.54) is 0 Å². The van der Waals surface area contributed by atoms with Crippen LogP contribution in [0.5, 0.6) is 0 Å². The molecule has 0 aliphatic carbocycles. The molecule has 16 heavy (non-hydrogen) atoms. The number of aryl methyl sites for hydroxylation is 1. The Balaban J connectivity index is 2.23. The molecule has 0 fully saturated rings. The maximum absolute atomic E-state index is 11.4. The van der Waals surface area contributed by atoms with Gasteiger partial charge in [0.15, 0.2) is 0 Å². The molecular formula is C12H19N3O. The molecule has 1 amide bonds. The van der Waals surface area contributed by atoms with Crippen molar-refractivity contribution in [1.82, 2.24) is 15.6 Å². The second-order valence-corrected chi connectivity index (χ2v) is 3.79. The Morgan fingerprint density at radius 1 is 1.44 bits per heavy atom. The lowest BCUT2D eigenvalue weighted by Crippen LogP contribution is -2.23. The van der Waals surface area contributed by atoms with Crippen LogP contribution in [0.4, 0.5) is 0 Å². The maximum atomic E-state index is 11.4. The summed E-state index contributed by atoms with van der Waals surface area (Å²) < 4.78 is 0. The van der Waals surface area contributed by atoms with Gasteiger partial charge in [-0.05, 0) is 38.6 Å². The van der Waals surface area contributed by atoms with Crippen molar-refractivity contribution < 1.29 is 4.79 Å². The van der Waals surface area contributed by atoms with E-state index >= 15 is 0 Å². The number of aromatic nitrogens is 1. The number of nitrogens with one attached hydrogen (secondary N) is 2. The molecule has 1 aromatic heterocycles. The number of rotatable bonds is 6. The normalized spacial score (nSPS) is 10.1. The second kappa shape index (κ2) is 6.95. The summed E-state index contributed by atoms with van der Waals surface area (Å²) in [7, 11) is 1.88. The summed E-state index contributed by atoms with van der Waals surface area (Å²) in [6.07, 6.45) is 3.23. The summed E-state index contributed by atoms with van der Waals surface area (Å²) in [5.74, 6) is 0.0934. The first-order valence-electron chi connectivity index (χ1n) is 5.55. The number of pyridine rings is 1. The van der Waals surface area contributed by atoms with Gasteiger partial charge in [0.25, 0.3) is 0 Å². The lowest BCUT2D eigenvalue weighted by Gasteiger charge is -2.05. The highest BCUT2D eigenvalue weighted by atomic mass is 16.1. The minimum Gasteiger partial charge on any atom is -0.352 e. The van der Waals surface area contributed by atoms with Crippen LogP contribution >= 0.6 is 0 Å². The van der Waals surface area contributed by atoms with Gasteiger partial charge in [-0.15, -0.1) is 0 Å². The molecule has 0 atom stereocenters. The zero-order valence-corrected chi connectivity index (χ0v) is 9.92. The Labute approximate surface area is 96.5 Å². The van der Waals surface area contributed by atoms with Crippen molar-refractivity contribution in [1.29, 1.82) is 0 Å². The zero-order chi connectivity index (χ0) is 11.8. The van der Waals surface area contributed by atoms with E-state index in [0.29, 0.717) is 13.0 Å². The molecular weight excluding hydrogens is 202 g/mol. The maximum Gasteiger partial charge on any atom is 0.220 e. The van der Waals surface area contributed by atoms with E-state index in [4.69, 9.17) is 0 Å². The Kier molecular flexibility index (Phi) is 5.50. The second-order valence-electron chi connectivity index (χ2n) is 3.79. The molecule has 0 aliphatic heterocycles. The third-order valence-corrected chi connectivity index (χ3v) is 2.29. The number of hydrogen-bond donors (Lipinski definition) is 2. The fraction of sp³-hybridized carbons (Fsp3) is 0.500. The standard InChI is InChI=1S/C12H19N3O/c1-10-5-6-11(8-14-10)9-15-12(16)4-3-7-13-2/h5-6,8,13H,3-4,7,9H2,1-2H3,(H,15,16). The predicted molar refractivity (Wildman–Crippen MR) is 64.0 cm³/mol. The summed E-state index contributed by atoms with van der Waals surface area (Å²) in [5, 5.41) is 5.88. The first-order valence-corrected chi connectivity index (χ1v) is 5.55. The summed E-state index contributed by atoms with van der Waals surface area (Å²) in [6.45, 7) is 3.38. The van der Waals surface area contributed by atoms with Gasteiger partial charge in [0.2, 0.25) is 5.91 Å². The van der Waals surface area contributed by atoms with E-state index in [9.17, 15) is 4.79 Å². The Morgan fingerprint density at radius 3 is 2.88 bits per heavy atom. The van der Waals surface area contributed by atoms with Crippen LogP contribution in [0, 0.1) is 6.92 Å². The fourth-order valence-corrected chi connectivity index (χ4v) is 1.32. The van der Waals surface area contributed by atoms with Crippen LogP contribution in [-0.2, 0) is 11.3 Å². The van der Waals surface area contributed by atoms with Gasteiger partial charge in [0.05, 0.1) is 0 Å². The first-order chi connectivity index (χ1) is 7.72. The minimum atomic E-state index is 0.0934. The Morgan fingerprint density at radius 2 is 2.25 bits per heavy atom. The van der Waals surface area contributed by atoms with Gasteiger partial charge in [-0.1, -0.05) is 6.07 Å². The highest BCUT2D eigenvalue weighted by Crippen LogP contribution is 1.99. The molecule has 0 aromatic carbocycles. The average molecular weight is 221 g/mol. The average Bonchev–Trinajstić information content (AvgIpc) is 2.29. The predicted octanol–water partition coefficient (Wildman–Crippen LogP) is 1.01. The molecule has 1 aromatic rings. The van der Waals surface area contributed by atoms with Gasteiger partial charge >= 0.3 is 0 Å². The van der Waals surface area contributed by atoms with E-state index in [2.05, 4.69) is 15.6 Å². The van der Waals surface area contributed by atoms with Crippen LogP contribution in [0.3, 0.4) is 0 Å². The van der Waals surface area contributed by atoms with E-state index in [1.54, 1.807) is 6.20 Å². The van der Waals surface area contributed by atoms with Gasteiger partial charge in [-0.2, -0.15) is 0 Å². The molecule has 1 rings (SSSR count). The van der Waals surface area contributed by atoms with Crippen molar-refractivity contribution in [2.45, 2.75) is 26.3 Å². The smallest absolute Gasteiger partial charge is 0.220 e. The molecule has 1 heterocycles. The quantitative estimate of drug-likeness (QED) is 0.705. The van der Waals surface area contributed by atoms with Crippen molar-refractivity contribution in [3.63, 3.8) is 0 Å². The molecule has 4 heteroatoms. The van der Waals surface area contributed by atoms with Crippen molar-refractivity contribution in [3.8, 4) is 0 Å². The van der Waals surface area contributed by atoms with Gasteiger partial charge in [-0.3, -0.25) is 9.78 Å². The molecule has 0 saturated carbocycles. The number of carbonyl (C=O) groups excluding carboxylic acids is 1. The number of amides is 1. The van der Waals surface area contributed by atoms with E-state index in [1.807, 2.05) is 26.1 Å². The Bertz CT molecular complexity index is 322. The molecule has 4 nitrogen and oxygen atoms in total. The molecule has 0 saturated heterocycles. The third-order valence-electron chi connectivity index (χ3n) is 2.29.